The van der Waals surface area contributed by atoms with Crippen molar-refractivity contribution in [3.63, 3.8) is 0 Å². The van der Waals surface area contributed by atoms with E-state index in [4.69, 9.17) is 9.47 Å². The highest BCUT2D eigenvalue weighted by atomic mass is 16.7. The second kappa shape index (κ2) is 5.81. The molecule has 1 aliphatic heterocycles. The Balaban J connectivity index is 2.22. The van der Waals surface area contributed by atoms with Crippen LogP contribution >= 0.6 is 0 Å². The number of ether oxygens (including phenoxy) is 4. The van der Waals surface area contributed by atoms with Gasteiger partial charge in [-0.2, -0.15) is 0 Å². The van der Waals surface area contributed by atoms with Crippen molar-refractivity contribution < 1.29 is 28.5 Å². The topological polar surface area (TPSA) is 71.1 Å². The van der Waals surface area contributed by atoms with Crippen molar-refractivity contribution in [2.75, 3.05) is 19.8 Å². The zero-order valence-electron chi connectivity index (χ0n) is 9.49. The summed E-state index contributed by atoms with van der Waals surface area (Å²) in [6, 6.07) is 0. The van der Waals surface area contributed by atoms with E-state index < -0.39 is 17.9 Å². The van der Waals surface area contributed by atoms with E-state index in [0.29, 0.717) is 19.6 Å². The number of hydrogen-bond donors (Lipinski definition) is 0. The van der Waals surface area contributed by atoms with Gasteiger partial charge in [0.05, 0.1) is 26.2 Å². The molecule has 92 valence electrons. The highest BCUT2D eigenvalue weighted by molar-refractivity contribution is 5.81. The maximum absolute atomic E-state index is 11.2. The van der Waals surface area contributed by atoms with E-state index in [0.717, 1.165) is 0 Å². The van der Waals surface area contributed by atoms with Crippen LogP contribution in [0.1, 0.15) is 26.7 Å². The highest BCUT2D eigenvalue weighted by Gasteiger charge is 2.31. The minimum atomic E-state index is -0.967. The van der Waals surface area contributed by atoms with Crippen molar-refractivity contribution in [1.82, 2.24) is 0 Å². The average Bonchev–Trinajstić information content (AvgIpc) is 2.63. The van der Waals surface area contributed by atoms with Crippen molar-refractivity contribution in [3.05, 3.63) is 0 Å². The fourth-order valence-corrected chi connectivity index (χ4v) is 1.32. The predicted molar refractivity (Wildman–Crippen MR) is 52.7 cm³/mol. The lowest BCUT2D eigenvalue weighted by Crippen LogP contribution is -2.27. The third-order valence-corrected chi connectivity index (χ3v) is 2.14. The largest absolute Gasteiger partial charge is 0.516 e. The summed E-state index contributed by atoms with van der Waals surface area (Å²) in [7, 11) is 0. The van der Waals surface area contributed by atoms with Gasteiger partial charge in [0.2, 0.25) is 0 Å². The summed E-state index contributed by atoms with van der Waals surface area (Å²) >= 11 is 0. The van der Waals surface area contributed by atoms with Crippen molar-refractivity contribution >= 4 is 12.1 Å². The first-order chi connectivity index (χ1) is 7.56. The molecule has 0 aromatic heterocycles. The van der Waals surface area contributed by atoms with Gasteiger partial charge in [-0.3, -0.25) is 4.79 Å². The van der Waals surface area contributed by atoms with Crippen LogP contribution in [0.25, 0.3) is 0 Å². The molecule has 0 saturated carbocycles. The monoisotopic (exact) mass is 232 g/mol. The van der Waals surface area contributed by atoms with E-state index in [1.54, 1.807) is 13.8 Å². The predicted octanol–water partition coefficient (Wildman–Crippen LogP) is 1.23. The van der Waals surface area contributed by atoms with E-state index in [1.165, 1.54) is 0 Å². The van der Waals surface area contributed by atoms with Crippen LogP contribution in [0.4, 0.5) is 4.79 Å². The quantitative estimate of drug-likeness (QED) is 0.536. The minimum Gasteiger partial charge on any atom is -0.434 e. The highest BCUT2D eigenvalue weighted by Crippen LogP contribution is 2.24. The standard InChI is InChI=1S/C10H16O6/c1-3-13-9(12)16-8(11)4-5-10(2)14-6-7-15-10/h3-7H2,1-2H3. The molecule has 0 atom stereocenters. The normalized spacial score (nSPS) is 18.1. The molecule has 0 aromatic carbocycles. The molecule has 6 heteroatoms. The molecule has 6 nitrogen and oxygen atoms in total. The SMILES string of the molecule is CCOC(=O)OC(=O)CCC1(C)OCCO1. The molecule has 0 aromatic rings. The van der Waals surface area contributed by atoms with Gasteiger partial charge in [0.15, 0.2) is 5.79 Å². The van der Waals surface area contributed by atoms with Gasteiger partial charge < -0.3 is 18.9 Å². The third kappa shape index (κ3) is 4.16. The Morgan fingerprint density at radius 1 is 1.31 bits per heavy atom. The summed E-state index contributed by atoms with van der Waals surface area (Å²) < 4.78 is 19.4. The Bertz CT molecular complexity index is 256. The number of hydrogen-bond acceptors (Lipinski definition) is 6. The van der Waals surface area contributed by atoms with Gasteiger partial charge in [-0.25, -0.2) is 4.79 Å². The summed E-state index contributed by atoms with van der Waals surface area (Å²) in [5.41, 5.74) is 0. The van der Waals surface area contributed by atoms with E-state index >= 15 is 0 Å². The number of carbonyl (C=O) groups excluding carboxylic acids is 2. The molecule has 0 spiro atoms. The Labute approximate surface area is 93.8 Å². The molecule has 16 heavy (non-hydrogen) atoms. The molecular formula is C10H16O6. The minimum absolute atomic E-state index is 0.0509. The molecule has 0 N–H and O–H groups in total. The molecule has 0 radical (unpaired) electrons. The van der Waals surface area contributed by atoms with E-state index in [1.807, 2.05) is 0 Å². The first kappa shape index (κ1) is 12.9. The van der Waals surface area contributed by atoms with E-state index in [9.17, 15) is 9.59 Å². The summed E-state index contributed by atoms with van der Waals surface area (Å²) in [6.45, 7) is 4.59. The molecule has 1 saturated heterocycles. The van der Waals surface area contributed by atoms with Crippen LogP contribution < -0.4 is 0 Å². The van der Waals surface area contributed by atoms with Crippen molar-refractivity contribution in [3.8, 4) is 0 Å². The average molecular weight is 232 g/mol. The molecule has 1 rings (SSSR count). The lowest BCUT2D eigenvalue weighted by molar-refractivity contribution is -0.159. The van der Waals surface area contributed by atoms with Gasteiger partial charge in [-0.15, -0.1) is 0 Å². The molecule has 0 amide bonds. The first-order valence-corrected chi connectivity index (χ1v) is 5.21. The third-order valence-electron chi connectivity index (χ3n) is 2.14. The molecule has 1 fully saturated rings. The zero-order valence-corrected chi connectivity index (χ0v) is 9.49. The fraction of sp³-hybridized carbons (Fsp3) is 0.800. The van der Waals surface area contributed by atoms with Gasteiger partial charge in [-0.05, 0) is 13.8 Å². The number of rotatable bonds is 4. The molecule has 0 unspecified atom stereocenters. The summed E-state index contributed by atoms with van der Waals surface area (Å²) in [6.07, 6.45) is -0.563. The Morgan fingerprint density at radius 3 is 2.50 bits per heavy atom. The number of esters is 1. The van der Waals surface area contributed by atoms with Crippen LogP contribution in [0, 0.1) is 0 Å². The van der Waals surface area contributed by atoms with Crippen LogP contribution in [-0.2, 0) is 23.7 Å². The van der Waals surface area contributed by atoms with Gasteiger partial charge >= 0.3 is 12.1 Å². The van der Waals surface area contributed by atoms with E-state index in [2.05, 4.69) is 9.47 Å². The molecule has 0 aliphatic carbocycles. The summed E-state index contributed by atoms with van der Waals surface area (Å²) in [5, 5.41) is 0. The van der Waals surface area contributed by atoms with Gasteiger partial charge in [0, 0.05) is 6.42 Å². The van der Waals surface area contributed by atoms with Crippen molar-refractivity contribution in [2.24, 2.45) is 0 Å². The lowest BCUT2D eigenvalue weighted by atomic mass is 10.2. The second-order valence-electron chi connectivity index (χ2n) is 3.49. The van der Waals surface area contributed by atoms with Crippen LogP contribution in [0.3, 0.4) is 0 Å². The Morgan fingerprint density at radius 2 is 1.94 bits per heavy atom. The van der Waals surface area contributed by atoms with Crippen molar-refractivity contribution in [2.45, 2.75) is 32.5 Å². The van der Waals surface area contributed by atoms with Gasteiger partial charge in [0.25, 0.3) is 0 Å². The maximum atomic E-state index is 11.2. The van der Waals surface area contributed by atoms with Gasteiger partial charge in [0.1, 0.15) is 0 Å². The zero-order chi connectivity index (χ0) is 12.0. The maximum Gasteiger partial charge on any atom is 0.516 e. The second-order valence-corrected chi connectivity index (χ2v) is 3.49. The smallest absolute Gasteiger partial charge is 0.434 e. The van der Waals surface area contributed by atoms with E-state index in [-0.39, 0.29) is 13.0 Å². The van der Waals surface area contributed by atoms with Gasteiger partial charge in [-0.1, -0.05) is 0 Å². The Hall–Kier alpha value is -1.14. The molecule has 1 aliphatic rings. The molecular weight excluding hydrogens is 216 g/mol. The fourth-order valence-electron chi connectivity index (χ4n) is 1.32. The Kier molecular flexibility index (Phi) is 4.70. The molecule has 1 heterocycles. The summed E-state index contributed by atoms with van der Waals surface area (Å²) in [4.78, 5) is 22.0. The molecule has 0 bridgehead atoms. The summed E-state index contributed by atoms with van der Waals surface area (Å²) in [5.74, 6) is -1.38. The number of carbonyl (C=O) groups is 2. The van der Waals surface area contributed by atoms with Crippen LogP contribution in [0.2, 0.25) is 0 Å². The lowest BCUT2D eigenvalue weighted by Gasteiger charge is -2.21. The van der Waals surface area contributed by atoms with Crippen molar-refractivity contribution in [1.29, 1.82) is 0 Å². The van der Waals surface area contributed by atoms with Crippen LogP contribution in [-0.4, -0.2) is 37.7 Å². The van der Waals surface area contributed by atoms with Crippen LogP contribution in [0.5, 0.6) is 0 Å². The van der Waals surface area contributed by atoms with Crippen LogP contribution in [0.15, 0.2) is 0 Å². The first-order valence-electron chi connectivity index (χ1n) is 5.21.